The fourth-order valence-corrected chi connectivity index (χ4v) is 2.68. The summed E-state index contributed by atoms with van der Waals surface area (Å²) in [5.41, 5.74) is 0.442. The average molecular weight is 378 g/mol. The number of aryl methyl sites for hydroxylation is 2. The molecule has 2 N–H and O–H groups in total. The van der Waals surface area contributed by atoms with Crippen LogP contribution < -0.4 is 10.6 Å². The number of nitriles is 1. The zero-order chi connectivity index (χ0) is 18.6. The zero-order valence-corrected chi connectivity index (χ0v) is 14.7. The van der Waals surface area contributed by atoms with E-state index in [0.717, 1.165) is 16.6 Å². The van der Waals surface area contributed by atoms with Crippen molar-refractivity contribution in [2.45, 2.75) is 13.8 Å². The third-order valence-corrected chi connectivity index (χ3v) is 4.48. The number of aromatic nitrogens is 1. The Morgan fingerprint density at radius 3 is 2.76 bits per heavy atom. The quantitative estimate of drug-likeness (QED) is 0.354. The van der Waals surface area contributed by atoms with E-state index in [4.69, 9.17) is 16.9 Å². The van der Waals surface area contributed by atoms with E-state index in [1.807, 2.05) is 13.8 Å². The van der Waals surface area contributed by atoms with Crippen molar-refractivity contribution in [2.75, 3.05) is 10.6 Å². The normalized spacial score (nSPS) is 10.9. The number of nitro groups is 1. The summed E-state index contributed by atoms with van der Waals surface area (Å²) in [4.78, 5) is 27.6. The van der Waals surface area contributed by atoms with Crippen molar-refractivity contribution in [2.24, 2.45) is 0 Å². The first-order valence-corrected chi connectivity index (χ1v) is 8.07. The van der Waals surface area contributed by atoms with Gasteiger partial charge in [-0.25, -0.2) is 4.98 Å². The molecule has 0 saturated carbocycles. The highest BCUT2D eigenvalue weighted by Crippen LogP contribution is 2.27. The Morgan fingerprint density at radius 1 is 1.48 bits per heavy atom. The van der Waals surface area contributed by atoms with Gasteiger partial charge in [-0.15, -0.1) is 11.3 Å². The van der Waals surface area contributed by atoms with Crippen LogP contribution in [0, 0.1) is 35.3 Å². The Bertz CT molecular complexity index is 897. The Hall–Kier alpha value is -2.96. The second-order valence-electron chi connectivity index (χ2n) is 4.85. The number of nitrogens with zero attached hydrogens (tertiary/aromatic N) is 3. The molecule has 2 rings (SSSR count). The molecule has 0 aliphatic rings. The van der Waals surface area contributed by atoms with Crippen molar-refractivity contribution in [3.63, 3.8) is 0 Å². The molecular weight excluding hydrogens is 366 g/mol. The van der Waals surface area contributed by atoms with E-state index in [1.54, 1.807) is 6.07 Å². The van der Waals surface area contributed by atoms with Crippen molar-refractivity contribution >= 4 is 45.4 Å². The van der Waals surface area contributed by atoms with Crippen molar-refractivity contribution in [1.82, 2.24) is 4.98 Å². The van der Waals surface area contributed by atoms with E-state index >= 15 is 0 Å². The third-order valence-electron chi connectivity index (χ3n) is 3.14. The number of nitro benzene ring substituents is 1. The molecule has 1 amide bonds. The van der Waals surface area contributed by atoms with Crippen LogP contribution in [-0.4, -0.2) is 15.8 Å². The summed E-state index contributed by atoms with van der Waals surface area (Å²) in [5, 5.41) is 25.8. The fourth-order valence-electron chi connectivity index (χ4n) is 1.73. The SMILES string of the molecule is Cc1nc(N/C=C(/C#N)C(=O)Nc2cc([N+](=O)[O-])ccc2Cl)sc1C. The number of hydrogen-bond acceptors (Lipinski definition) is 7. The third kappa shape index (κ3) is 4.53. The molecule has 10 heteroatoms. The molecular formula is C15H12ClN5O3S. The summed E-state index contributed by atoms with van der Waals surface area (Å²) in [5.74, 6) is -0.748. The van der Waals surface area contributed by atoms with Crippen LogP contribution in [0.25, 0.3) is 0 Å². The molecule has 128 valence electrons. The molecule has 1 heterocycles. The van der Waals surface area contributed by atoms with E-state index in [2.05, 4.69) is 15.6 Å². The topological polar surface area (TPSA) is 121 Å². The average Bonchev–Trinajstić information content (AvgIpc) is 2.88. The maximum atomic E-state index is 12.2. The second kappa shape index (κ2) is 7.74. The number of amides is 1. The summed E-state index contributed by atoms with van der Waals surface area (Å²) >= 11 is 7.31. The van der Waals surface area contributed by atoms with Gasteiger partial charge in [0.1, 0.15) is 11.6 Å². The first-order valence-electron chi connectivity index (χ1n) is 6.88. The maximum Gasteiger partial charge on any atom is 0.271 e. The van der Waals surface area contributed by atoms with Gasteiger partial charge in [-0.1, -0.05) is 11.6 Å². The summed E-state index contributed by atoms with van der Waals surface area (Å²) in [6.45, 7) is 3.76. The minimum atomic E-state index is -0.748. The molecule has 0 aliphatic carbocycles. The summed E-state index contributed by atoms with van der Waals surface area (Å²) in [6.07, 6.45) is 1.22. The zero-order valence-electron chi connectivity index (χ0n) is 13.2. The first kappa shape index (κ1) is 18.4. The van der Waals surface area contributed by atoms with Crippen molar-refractivity contribution in [3.8, 4) is 6.07 Å². The van der Waals surface area contributed by atoms with Crippen LogP contribution >= 0.6 is 22.9 Å². The predicted octanol–water partition coefficient (Wildman–Crippen LogP) is 3.78. The van der Waals surface area contributed by atoms with Crippen LogP contribution in [0.3, 0.4) is 0 Å². The highest BCUT2D eigenvalue weighted by molar-refractivity contribution is 7.15. The van der Waals surface area contributed by atoms with Gasteiger partial charge >= 0.3 is 0 Å². The van der Waals surface area contributed by atoms with Crippen LogP contribution in [0.5, 0.6) is 0 Å². The van der Waals surface area contributed by atoms with Crippen molar-refractivity contribution in [1.29, 1.82) is 5.26 Å². The highest BCUT2D eigenvalue weighted by Gasteiger charge is 2.15. The largest absolute Gasteiger partial charge is 0.337 e. The number of carbonyl (C=O) groups is 1. The van der Waals surface area contributed by atoms with Crippen LogP contribution in [0.1, 0.15) is 10.6 Å². The smallest absolute Gasteiger partial charge is 0.271 e. The maximum absolute atomic E-state index is 12.2. The molecule has 25 heavy (non-hydrogen) atoms. The van der Waals surface area contributed by atoms with Gasteiger partial charge in [-0.2, -0.15) is 5.26 Å². The van der Waals surface area contributed by atoms with E-state index < -0.39 is 10.8 Å². The Morgan fingerprint density at radius 2 is 2.20 bits per heavy atom. The number of carbonyl (C=O) groups excluding carboxylic acids is 1. The monoisotopic (exact) mass is 377 g/mol. The van der Waals surface area contributed by atoms with E-state index in [0.29, 0.717) is 5.13 Å². The lowest BCUT2D eigenvalue weighted by atomic mass is 10.2. The Labute approximate surface area is 151 Å². The van der Waals surface area contributed by atoms with Crippen LogP contribution in [0.15, 0.2) is 30.0 Å². The lowest BCUT2D eigenvalue weighted by molar-refractivity contribution is -0.384. The standard InChI is InChI=1S/C15H12ClN5O3S/c1-8-9(2)25-15(19-8)18-7-10(6-17)14(22)20-13-5-11(21(23)24)3-4-12(13)16/h3-5,7H,1-2H3,(H,18,19)(H,20,22)/b10-7-. The van der Waals surface area contributed by atoms with Gasteiger partial charge in [0.25, 0.3) is 11.6 Å². The van der Waals surface area contributed by atoms with Crippen LogP contribution in [0.2, 0.25) is 5.02 Å². The molecule has 1 aromatic heterocycles. The number of benzene rings is 1. The predicted molar refractivity (Wildman–Crippen MR) is 95.6 cm³/mol. The lowest BCUT2D eigenvalue weighted by Gasteiger charge is -2.06. The molecule has 0 spiro atoms. The molecule has 0 fully saturated rings. The molecule has 2 aromatic rings. The van der Waals surface area contributed by atoms with Gasteiger partial charge in [-0.3, -0.25) is 14.9 Å². The van der Waals surface area contributed by atoms with E-state index in [-0.39, 0.29) is 22.0 Å². The molecule has 0 aliphatic heterocycles. The molecule has 0 unspecified atom stereocenters. The number of nitrogens with one attached hydrogen (secondary N) is 2. The summed E-state index contributed by atoms with van der Waals surface area (Å²) in [7, 11) is 0. The number of thiazole rings is 1. The number of halogens is 1. The molecule has 8 nitrogen and oxygen atoms in total. The van der Waals surface area contributed by atoms with Crippen molar-refractivity contribution < 1.29 is 9.72 Å². The Balaban J connectivity index is 2.17. The molecule has 1 aromatic carbocycles. The first-order chi connectivity index (χ1) is 11.8. The van der Waals surface area contributed by atoms with Crippen LogP contribution in [-0.2, 0) is 4.79 Å². The molecule has 0 saturated heterocycles. The second-order valence-corrected chi connectivity index (χ2v) is 6.46. The molecule has 0 bridgehead atoms. The highest BCUT2D eigenvalue weighted by atomic mass is 35.5. The van der Waals surface area contributed by atoms with E-state index in [9.17, 15) is 14.9 Å². The molecule has 0 atom stereocenters. The van der Waals surface area contributed by atoms with Gasteiger partial charge in [0, 0.05) is 23.2 Å². The summed E-state index contributed by atoms with van der Waals surface area (Å²) < 4.78 is 0. The van der Waals surface area contributed by atoms with Gasteiger partial charge in [0.15, 0.2) is 5.13 Å². The minimum Gasteiger partial charge on any atom is -0.337 e. The molecule has 0 radical (unpaired) electrons. The van der Waals surface area contributed by atoms with Gasteiger partial charge in [-0.05, 0) is 19.9 Å². The Kier molecular flexibility index (Phi) is 5.69. The fraction of sp³-hybridized carbons (Fsp3) is 0.133. The van der Waals surface area contributed by atoms with Gasteiger partial charge in [0.05, 0.1) is 21.3 Å². The number of rotatable bonds is 5. The number of anilines is 2. The van der Waals surface area contributed by atoms with Crippen LogP contribution in [0.4, 0.5) is 16.5 Å². The number of non-ortho nitro benzene ring substituents is 1. The summed E-state index contributed by atoms with van der Waals surface area (Å²) in [6, 6.07) is 5.39. The van der Waals surface area contributed by atoms with Gasteiger partial charge < -0.3 is 10.6 Å². The number of hydrogen-bond donors (Lipinski definition) is 2. The van der Waals surface area contributed by atoms with E-state index in [1.165, 1.54) is 29.7 Å². The van der Waals surface area contributed by atoms with Gasteiger partial charge in [0.2, 0.25) is 0 Å². The van der Waals surface area contributed by atoms with Crippen molar-refractivity contribution in [3.05, 3.63) is 55.7 Å². The lowest BCUT2D eigenvalue weighted by Crippen LogP contribution is -2.15. The minimum absolute atomic E-state index is 0.0444.